The second kappa shape index (κ2) is 9.77. The van der Waals surface area contributed by atoms with E-state index in [1.54, 1.807) is 19.9 Å². The van der Waals surface area contributed by atoms with E-state index in [9.17, 15) is 14.0 Å². The van der Waals surface area contributed by atoms with E-state index in [0.29, 0.717) is 23.7 Å². The SMILES string of the molecule is CC1(C)C(=O)N(C(=O)NCC2CCN(CC3CCC3)CC2)c2cc(F)ccc21.O=CO. The number of urea groups is 1. The van der Waals surface area contributed by atoms with E-state index in [4.69, 9.17) is 9.90 Å². The number of nitrogens with one attached hydrogen (secondary N) is 1. The Morgan fingerprint density at radius 3 is 2.45 bits per heavy atom. The van der Waals surface area contributed by atoms with Crippen LogP contribution in [0.3, 0.4) is 0 Å². The Labute approximate surface area is 182 Å². The Hall–Kier alpha value is -2.48. The fourth-order valence-corrected chi connectivity index (χ4v) is 4.65. The summed E-state index contributed by atoms with van der Waals surface area (Å²) in [7, 11) is 0. The lowest BCUT2D eigenvalue weighted by Gasteiger charge is -2.37. The van der Waals surface area contributed by atoms with Gasteiger partial charge >= 0.3 is 6.03 Å². The number of carbonyl (C=O) groups excluding carboxylic acids is 2. The lowest BCUT2D eigenvalue weighted by Crippen LogP contribution is -2.48. The van der Waals surface area contributed by atoms with Gasteiger partial charge < -0.3 is 15.3 Å². The highest BCUT2D eigenvalue weighted by Crippen LogP contribution is 2.41. The smallest absolute Gasteiger partial charge is 0.328 e. The highest BCUT2D eigenvalue weighted by Gasteiger charge is 2.46. The molecule has 3 amide bonds. The quantitative estimate of drug-likeness (QED) is 0.711. The molecule has 2 fully saturated rings. The summed E-state index contributed by atoms with van der Waals surface area (Å²) in [5.41, 5.74) is 0.230. The number of rotatable bonds is 4. The van der Waals surface area contributed by atoms with E-state index >= 15 is 0 Å². The van der Waals surface area contributed by atoms with Crippen LogP contribution in [0.4, 0.5) is 14.9 Å². The average Bonchev–Trinajstić information content (AvgIpc) is 2.89. The Kier molecular flexibility index (Phi) is 7.30. The van der Waals surface area contributed by atoms with Crippen molar-refractivity contribution in [2.75, 3.05) is 31.1 Å². The molecule has 0 radical (unpaired) electrons. The molecule has 1 aromatic rings. The van der Waals surface area contributed by atoms with Crippen LogP contribution in [0.15, 0.2) is 18.2 Å². The maximum Gasteiger partial charge on any atom is 0.328 e. The van der Waals surface area contributed by atoms with Crippen LogP contribution in [0, 0.1) is 17.7 Å². The van der Waals surface area contributed by atoms with Gasteiger partial charge in [0.15, 0.2) is 0 Å². The summed E-state index contributed by atoms with van der Waals surface area (Å²) in [5.74, 6) is 0.572. The van der Waals surface area contributed by atoms with Gasteiger partial charge in [0.05, 0.1) is 11.1 Å². The normalized spacial score (nSPS) is 21.0. The zero-order valence-electron chi connectivity index (χ0n) is 18.3. The molecule has 1 aliphatic carbocycles. The van der Waals surface area contributed by atoms with Crippen LogP contribution in [-0.4, -0.2) is 54.6 Å². The van der Waals surface area contributed by atoms with Gasteiger partial charge in [-0.15, -0.1) is 0 Å². The number of hydrogen-bond acceptors (Lipinski definition) is 4. The van der Waals surface area contributed by atoms with Gasteiger partial charge in [0, 0.05) is 13.1 Å². The van der Waals surface area contributed by atoms with Crippen molar-refractivity contribution in [3.05, 3.63) is 29.6 Å². The zero-order valence-corrected chi connectivity index (χ0v) is 18.3. The van der Waals surface area contributed by atoms with Gasteiger partial charge in [-0.2, -0.15) is 0 Å². The van der Waals surface area contributed by atoms with E-state index < -0.39 is 17.3 Å². The number of hydrogen-bond donors (Lipinski definition) is 2. The number of carboxylic acid groups (broad SMARTS) is 1. The van der Waals surface area contributed by atoms with Crippen LogP contribution in [0.5, 0.6) is 0 Å². The molecular weight excluding hydrogens is 401 g/mol. The maximum atomic E-state index is 13.7. The van der Waals surface area contributed by atoms with Crippen molar-refractivity contribution in [2.24, 2.45) is 11.8 Å². The average molecular weight is 434 g/mol. The molecule has 2 N–H and O–H groups in total. The Morgan fingerprint density at radius 1 is 1.23 bits per heavy atom. The Bertz CT molecular complexity index is 817. The minimum atomic E-state index is -0.826. The molecule has 8 heteroatoms. The summed E-state index contributed by atoms with van der Waals surface area (Å²) in [6.07, 6.45) is 6.26. The van der Waals surface area contributed by atoms with Crippen LogP contribution in [0.1, 0.15) is 51.5 Å². The Balaban J connectivity index is 0.000000858. The van der Waals surface area contributed by atoms with E-state index in [-0.39, 0.29) is 12.4 Å². The number of carbonyl (C=O) groups is 3. The van der Waals surface area contributed by atoms with Crippen LogP contribution >= 0.6 is 0 Å². The monoisotopic (exact) mass is 433 g/mol. The number of likely N-dealkylation sites (tertiary alicyclic amines) is 1. The number of anilines is 1. The van der Waals surface area contributed by atoms with E-state index in [2.05, 4.69) is 10.2 Å². The molecule has 0 atom stereocenters. The maximum absolute atomic E-state index is 13.7. The molecule has 0 aromatic heterocycles. The first-order chi connectivity index (χ1) is 14.8. The molecule has 0 unspecified atom stereocenters. The zero-order chi connectivity index (χ0) is 22.6. The van der Waals surface area contributed by atoms with E-state index in [1.165, 1.54) is 37.9 Å². The molecule has 1 aromatic carbocycles. The first kappa shape index (κ1) is 23.2. The summed E-state index contributed by atoms with van der Waals surface area (Å²) < 4.78 is 13.7. The van der Waals surface area contributed by atoms with Crippen molar-refractivity contribution in [1.29, 1.82) is 0 Å². The van der Waals surface area contributed by atoms with Gasteiger partial charge in [-0.25, -0.2) is 14.1 Å². The minimum Gasteiger partial charge on any atom is -0.483 e. The van der Waals surface area contributed by atoms with Crippen molar-refractivity contribution < 1.29 is 23.9 Å². The number of piperidine rings is 1. The molecule has 7 nitrogen and oxygen atoms in total. The molecule has 2 aliphatic heterocycles. The largest absolute Gasteiger partial charge is 0.483 e. The molecule has 2 heterocycles. The van der Waals surface area contributed by atoms with Crippen molar-refractivity contribution in [1.82, 2.24) is 10.2 Å². The third-order valence-corrected chi connectivity index (χ3v) is 6.81. The van der Waals surface area contributed by atoms with Crippen LogP contribution in [0.25, 0.3) is 0 Å². The predicted molar refractivity (Wildman–Crippen MR) is 116 cm³/mol. The van der Waals surface area contributed by atoms with E-state index in [0.717, 1.165) is 36.7 Å². The number of amides is 3. The van der Waals surface area contributed by atoms with Crippen molar-refractivity contribution in [3.63, 3.8) is 0 Å². The molecule has 0 bridgehead atoms. The van der Waals surface area contributed by atoms with Crippen LogP contribution in [0.2, 0.25) is 0 Å². The molecule has 170 valence electrons. The van der Waals surface area contributed by atoms with Gasteiger partial charge in [0.2, 0.25) is 5.91 Å². The van der Waals surface area contributed by atoms with Gasteiger partial charge in [-0.1, -0.05) is 12.5 Å². The minimum absolute atomic E-state index is 0.250. The van der Waals surface area contributed by atoms with Gasteiger partial charge in [0.25, 0.3) is 6.47 Å². The molecule has 4 rings (SSSR count). The lowest BCUT2D eigenvalue weighted by molar-refractivity contribution is -0.123. The topological polar surface area (TPSA) is 90.0 Å². The molecule has 31 heavy (non-hydrogen) atoms. The molecular formula is C23H32FN3O4. The molecule has 0 spiro atoms. The number of halogens is 1. The van der Waals surface area contributed by atoms with E-state index in [1.807, 2.05) is 0 Å². The molecule has 1 saturated carbocycles. The fourth-order valence-electron chi connectivity index (χ4n) is 4.65. The standard InChI is InChI=1S/C22H30FN3O2.CH2O2/c1-22(2)18-7-6-17(23)12-19(18)26(20(22)27)21(28)24-13-15-8-10-25(11-9-15)14-16-4-3-5-16;2-1-3/h6-7,12,15-16H,3-5,8-11,13-14H2,1-2H3,(H,24,28);1H,(H,2,3). The highest BCUT2D eigenvalue weighted by molar-refractivity contribution is 6.22. The van der Waals surface area contributed by atoms with Crippen LogP contribution in [-0.2, 0) is 15.0 Å². The van der Waals surface area contributed by atoms with Gasteiger partial charge in [-0.05, 0) is 82.2 Å². The van der Waals surface area contributed by atoms with Gasteiger partial charge in [0.1, 0.15) is 5.82 Å². The highest BCUT2D eigenvalue weighted by atomic mass is 19.1. The number of imide groups is 1. The number of benzene rings is 1. The summed E-state index contributed by atoms with van der Waals surface area (Å²) in [6, 6.07) is 3.78. The van der Waals surface area contributed by atoms with Crippen LogP contribution < -0.4 is 10.2 Å². The first-order valence-electron chi connectivity index (χ1n) is 11.0. The third-order valence-electron chi connectivity index (χ3n) is 6.81. The summed E-state index contributed by atoms with van der Waals surface area (Å²) >= 11 is 0. The summed E-state index contributed by atoms with van der Waals surface area (Å²) in [4.78, 5) is 37.6. The Morgan fingerprint density at radius 2 is 1.87 bits per heavy atom. The summed E-state index contributed by atoms with van der Waals surface area (Å²) in [6.45, 7) is 7.25. The van der Waals surface area contributed by atoms with Crippen molar-refractivity contribution >= 4 is 24.1 Å². The van der Waals surface area contributed by atoms with Gasteiger partial charge in [-0.3, -0.25) is 9.59 Å². The van der Waals surface area contributed by atoms with Crippen molar-refractivity contribution in [3.8, 4) is 0 Å². The second-order valence-corrected chi connectivity index (χ2v) is 9.26. The number of fused-ring (bicyclic) bond motifs is 1. The first-order valence-corrected chi connectivity index (χ1v) is 11.0. The number of nitrogens with zero attached hydrogens (tertiary/aromatic N) is 2. The summed E-state index contributed by atoms with van der Waals surface area (Å²) in [5, 5.41) is 9.81. The van der Waals surface area contributed by atoms with Crippen molar-refractivity contribution in [2.45, 2.75) is 51.4 Å². The third kappa shape index (κ3) is 5.06. The second-order valence-electron chi connectivity index (χ2n) is 9.26. The molecule has 1 saturated heterocycles. The molecule has 3 aliphatic rings. The predicted octanol–water partition coefficient (Wildman–Crippen LogP) is 3.37. The fraction of sp³-hybridized carbons (Fsp3) is 0.609. The lowest BCUT2D eigenvalue weighted by atomic mass is 9.84.